The first-order valence-electron chi connectivity index (χ1n) is 10.4. The monoisotopic (exact) mass is 500 g/mol. The van der Waals surface area contributed by atoms with Crippen LogP contribution in [0.4, 0.5) is 0 Å². The van der Waals surface area contributed by atoms with Gasteiger partial charge in [0.2, 0.25) is 0 Å². The van der Waals surface area contributed by atoms with Crippen LogP contribution in [0.15, 0.2) is 114 Å². The van der Waals surface area contributed by atoms with E-state index in [4.69, 9.17) is 0 Å². The van der Waals surface area contributed by atoms with Crippen molar-refractivity contribution in [3.05, 3.63) is 125 Å². The van der Waals surface area contributed by atoms with Gasteiger partial charge >= 0.3 is 194 Å². The Balaban J connectivity index is 1.96. The first-order valence-corrected chi connectivity index (χ1v) is 13.9. The van der Waals surface area contributed by atoms with Gasteiger partial charge in [-0.1, -0.05) is 0 Å². The Labute approximate surface area is 193 Å². The minimum absolute atomic E-state index is 0.125. The standard InChI is InChI=1S/C28H21O2PSe/c1-20-16-18-21(19-17-20)28-27(26(29)24-14-8-9-15-25(24)32-28)31(30,22-10-4-2-5-11-22)23-12-6-3-7-13-23/h2-19H,1H3. The molecule has 1 heterocycles. The summed E-state index contributed by atoms with van der Waals surface area (Å²) in [6.45, 7) is 2.05. The van der Waals surface area contributed by atoms with Crippen molar-refractivity contribution in [3.8, 4) is 10.0 Å². The zero-order valence-corrected chi connectivity index (χ0v) is 20.2. The minimum atomic E-state index is -3.40. The van der Waals surface area contributed by atoms with Gasteiger partial charge in [-0.25, -0.2) is 0 Å². The quantitative estimate of drug-likeness (QED) is 0.261. The molecule has 0 N–H and O–H groups in total. The third-order valence-electron chi connectivity index (χ3n) is 5.64. The van der Waals surface area contributed by atoms with Crippen LogP contribution in [0.3, 0.4) is 0 Å². The van der Waals surface area contributed by atoms with Gasteiger partial charge < -0.3 is 0 Å². The zero-order valence-electron chi connectivity index (χ0n) is 17.6. The molecule has 2 nitrogen and oxygen atoms in total. The number of rotatable bonds is 4. The van der Waals surface area contributed by atoms with Gasteiger partial charge in [-0.3, -0.25) is 0 Å². The van der Waals surface area contributed by atoms with Crippen LogP contribution in [0.2, 0.25) is 0 Å². The molecular formula is C28H21O2PSe. The summed E-state index contributed by atoms with van der Waals surface area (Å²) in [5.74, 6) is 0. The van der Waals surface area contributed by atoms with Crippen molar-refractivity contribution in [3.63, 3.8) is 0 Å². The summed E-state index contributed by atoms with van der Waals surface area (Å²) in [7, 11) is -3.40. The van der Waals surface area contributed by atoms with Crippen LogP contribution in [-0.2, 0) is 4.57 Å². The van der Waals surface area contributed by atoms with Crippen molar-refractivity contribution >= 4 is 47.2 Å². The first-order chi connectivity index (χ1) is 15.6. The fraction of sp³-hybridized carbons (Fsp3) is 0.0357. The second-order valence-corrected chi connectivity index (χ2v) is 12.7. The molecule has 0 radical (unpaired) electrons. The van der Waals surface area contributed by atoms with Crippen molar-refractivity contribution in [2.24, 2.45) is 0 Å². The Morgan fingerprint density at radius 2 is 1.19 bits per heavy atom. The molecule has 0 fully saturated rings. The Bertz CT molecular complexity index is 1460. The zero-order chi connectivity index (χ0) is 22.1. The maximum absolute atomic E-state index is 15.2. The number of aryl methyl sites for hydroxylation is 1. The molecule has 0 saturated heterocycles. The van der Waals surface area contributed by atoms with Gasteiger partial charge in [0.1, 0.15) is 0 Å². The Kier molecular flexibility index (Phi) is 5.57. The molecule has 156 valence electrons. The van der Waals surface area contributed by atoms with E-state index in [9.17, 15) is 4.79 Å². The number of fused-ring (bicyclic) bond motifs is 1. The van der Waals surface area contributed by atoms with Crippen molar-refractivity contribution in [1.82, 2.24) is 0 Å². The van der Waals surface area contributed by atoms with Crippen molar-refractivity contribution in [2.75, 3.05) is 0 Å². The molecule has 0 aliphatic carbocycles. The molecule has 0 atom stereocenters. The fourth-order valence-electron chi connectivity index (χ4n) is 4.00. The van der Waals surface area contributed by atoms with Gasteiger partial charge in [0, 0.05) is 0 Å². The van der Waals surface area contributed by atoms with Gasteiger partial charge in [-0.05, 0) is 0 Å². The third-order valence-corrected chi connectivity index (χ3v) is 11.6. The van der Waals surface area contributed by atoms with Crippen molar-refractivity contribution in [2.45, 2.75) is 6.92 Å². The number of hydrogen-bond donors (Lipinski definition) is 0. The van der Waals surface area contributed by atoms with E-state index in [2.05, 4.69) is 12.1 Å². The molecule has 4 aromatic carbocycles. The average Bonchev–Trinajstić information content (AvgIpc) is 2.85. The maximum atomic E-state index is 15.2. The Hall–Kier alpha value is -2.96. The molecule has 5 rings (SSSR count). The molecule has 0 aliphatic heterocycles. The van der Waals surface area contributed by atoms with Crippen molar-refractivity contribution < 1.29 is 4.57 Å². The second kappa shape index (κ2) is 8.52. The summed E-state index contributed by atoms with van der Waals surface area (Å²) in [6.07, 6.45) is 0. The summed E-state index contributed by atoms with van der Waals surface area (Å²) in [4.78, 5) is 14.0. The third kappa shape index (κ3) is 3.53. The summed E-state index contributed by atoms with van der Waals surface area (Å²) in [5.41, 5.74) is 2.00. The molecule has 4 heteroatoms. The molecule has 0 unspecified atom stereocenters. The van der Waals surface area contributed by atoms with E-state index in [0.717, 1.165) is 19.8 Å². The topological polar surface area (TPSA) is 34.1 Å². The van der Waals surface area contributed by atoms with E-state index in [0.29, 0.717) is 21.3 Å². The molecular weight excluding hydrogens is 478 g/mol. The number of benzene rings is 4. The normalized spacial score (nSPS) is 11.5. The summed E-state index contributed by atoms with van der Waals surface area (Å²) >= 11 is -0.145. The van der Waals surface area contributed by atoms with Gasteiger partial charge in [0.25, 0.3) is 0 Å². The van der Waals surface area contributed by atoms with Crippen LogP contribution < -0.4 is 21.3 Å². The summed E-state index contributed by atoms with van der Waals surface area (Å²) in [5, 5.41) is 2.51. The van der Waals surface area contributed by atoms with E-state index in [-0.39, 0.29) is 19.9 Å². The van der Waals surface area contributed by atoms with Gasteiger partial charge in [-0.15, -0.1) is 0 Å². The van der Waals surface area contributed by atoms with E-state index in [1.54, 1.807) is 0 Å². The van der Waals surface area contributed by atoms with Crippen LogP contribution >= 0.6 is 7.14 Å². The van der Waals surface area contributed by atoms with Gasteiger partial charge in [-0.2, -0.15) is 0 Å². The predicted octanol–water partition coefficient (Wildman–Crippen LogP) is 4.87. The molecule has 0 aliphatic rings. The van der Waals surface area contributed by atoms with Crippen molar-refractivity contribution in [1.29, 1.82) is 0 Å². The summed E-state index contributed by atoms with van der Waals surface area (Å²) < 4.78 is 17.1. The van der Waals surface area contributed by atoms with Gasteiger partial charge in [0.05, 0.1) is 0 Å². The van der Waals surface area contributed by atoms with E-state index in [1.165, 1.54) is 0 Å². The first kappa shape index (κ1) is 20.9. The second-order valence-electron chi connectivity index (χ2n) is 7.75. The molecule has 0 spiro atoms. The summed E-state index contributed by atoms with van der Waals surface area (Å²) in [6, 6.07) is 34.9. The average molecular weight is 499 g/mol. The van der Waals surface area contributed by atoms with Crippen LogP contribution in [0.5, 0.6) is 0 Å². The Morgan fingerprint density at radius 1 is 0.656 bits per heavy atom. The molecule has 0 amide bonds. The van der Waals surface area contributed by atoms with Crippen LogP contribution in [0, 0.1) is 6.92 Å². The molecule has 5 aromatic rings. The van der Waals surface area contributed by atoms with E-state index in [1.807, 2.05) is 104 Å². The fourth-order valence-corrected chi connectivity index (χ4v) is 10.1. The SMILES string of the molecule is Cc1ccc(-c2[se]c3ccccc3c(=O)c2P(=O)(c2ccccc2)c2ccccc2)cc1. The number of hydrogen-bond acceptors (Lipinski definition) is 2. The van der Waals surface area contributed by atoms with Crippen LogP contribution in [0.25, 0.3) is 19.6 Å². The predicted molar refractivity (Wildman–Crippen MR) is 137 cm³/mol. The molecule has 32 heavy (non-hydrogen) atoms. The van der Waals surface area contributed by atoms with Crippen LogP contribution in [-0.4, -0.2) is 14.5 Å². The Morgan fingerprint density at radius 3 is 1.78 bits per heavy atom. The van der Waals surface area contributed by atoms with E-state index >= 15 is 4.57 Å². The molecule has 0 saturated carbocycles. The molecule has 0 bridgehead atoms. The van der Waals surface area contributed by atoms with Gasteiger partial charge in [0.15, 0.2) is 0 Å². The van der Waals surface area contributed by atoms with E-state index < -0.39 is 7.14 Å². The van der Waals surface area contributed by atoms with Crippen LogP contribution in [0.1, 0.15) is 5.56 Å². The molecule has 1 aromatic heterocycles.